The Bertz CT molecular complexity index is 567. The average Bonchev–Trinajstić information content (AvgIpc) is 2.62. The number of benzene rings is 2. The highest BCUT2D eigenvalue weighted by molar-refractivity contribution is 5.78. The van der Waals surface area contributed by atoms with E-state index in [4.69, 9.17) is 0 Å². The summed E-state index contributed by atoms with van der Waals surface area (Å²) in [6.45, 7) is 1.98. The Kier molecular flexibility index (Phi) is 5.43. The van der Waals surface area contributed by atoms with E-state index in [1.807, 2.05) is 36.4 Å². The lowest BCUT2D eigenvalue weighted by molar-refractivity contribution is -0.122. The molecule has 3 rings (SSSR count). The summed E-state index contributed by atoms with van der Waals surface area (Å²) in [4.78, 5) is 12.5. The number of rotatable bonds is 5. The van der Waals surface area contributed by atoms with Crippen LogP contribution in [0.3, 0.4) is 0 Å². The van der Waals surface area contributed by atoms with Crippen molar-refractivity contribution in [2.24, 2.45) is 0 Å². The van der Waals surface area contributed by atoms with Gasteiger partial charge in [0.05, 0.1) is 0 Å². The van der Waals surface area contributed by atoms with Gasteiger partial charge in [-0.1, -0.05) is 60.7 Å². The first-order valence-corrected chi connectivity index (χ1v) is 8.43. The molecule has 2 N–H and O–H groups in total. The van der Waals surface area contributed by atoms with Gasteiger partial charge in [0.15, 0.2) is 0 Å². The lowest BCUT2D eigenvalue weighted by Crippen LogP contribution is -2.43. The summed E-state index contributed by atoms with van der Waals surface area (Å²) in [6, 6.07) is 20.9. The molecule has 0 aliphatic carbocycles. The molecule has 120 valence electrons. The van der Waals surface area contributed by atoms with Crippen LogP contribution in [-0.4, -0.2) is 25.0 Å². The molecule has 23 heavy (non-hydrogen) atoms. The molecule has 1 fully saturated rings. The molecule has 0 saturated carbocycles. The van der Waals surface area contributed by atoms with Crippen LogP contribution in [0, 0.1) is 0 Å². The molecule has 0 radical (unpaired) electrons. The minimum atomic E-state index is 0.110. The Balaban J connectivity index is 1.72. The molecule has 1 aliphatic rings. The maximum Gasteiger partial charge on any atom is 0.221 e. The van der Waals surface area contributed by atoms with E-state index in [1.54, 1.807) is 0 Å². The highest BCUT2D eigenvalue weighted by Crippen LogP contribution is 2.27. The fraction of sp³-hybridized carbons (Fsp3) is 0.350. The van der Waals surface area contributed by atoms with Gasteiger partial charge in [-0.05, 0) is 37.1 Å². The molecule has 2 aromatic carbocycles. The van der Waals surface area contributed by atoms with Crippen molar-refractivity contribution in [1.82, 2.24) is 10.6 Å². The minimum Gasteiger partial charge on any atom is -0.353 e. The van der Waals surface area contributed by atoms with Crippen LogP contribution < -0.4 is 10.6 Å². The van der Waals surface area contributed by atoms with Crippen molar-refractivity contribution in [3.8, 4) is 0 Å². The quantitative estimate of drug-likeness (QED) is 0.891. The third-order valence-electron chi connectivity index (χ3n) is 4.50. The fourth-order valence-corrected chi connectivity index (χ4v) is 3.24. The number of amides is 1. The maximum atomic E-state index is 12.5. The first-order chi connectivity index (χ1) is 11.3. The highest BCUT2D eigenvalue weighted by Gasteiger charge is 2.21. The number of carbonyl (C=O) groups is 1. The third kappa shape index (κ3) is 4.42. The Labute approximate surface area is 138 Å². The van der Waals surface area contributed by atoms with Crippen LogP contribution in [0.15, 0.2) is 60.7 Å². The standard InChI is InChI=1S/C20H24N2O/c23-20(22-18-11-13-21-14-12-18)15-19(16-7-3-1-4-8-16)17-9-5-2-6-10-17/h1-10,18-19,21H,11-15H2,(H,22,23). The number of carbonyl (C=O) groups excluding carboxylic acids is 1. The minimum absolute atomic E-state index is 0.110. The van der Waals surface area contributed by atoms with E-state index in [0.717, 1.165) is 25.9 Å². The molecule has 3 heteroatoms. The first-order valence-electron chi connectivity index (χ1n) is 8.43. The normalized spacial score (nSPS) is 15.5. The van der Waals surface area contributed by atoms with Crippen molar-refractivity contribution in [2.75, 3.05) is 13.1 Å². The second-order valence-electron chi connectivity index (χ2n) is 6.17. The molecule has 1 amide bonds. The monoisotopic (exact) mass is 308 g/mol. The van der Waals surface area contributed by atoms with E-state index < -0.39 is 0 Å². The Morgan fingerprint density at radius 2 is 1.48 bits per heavy atom. The lowest BCUT2D eigenvalue weighted by Gasteiger charge is -2.25. The summed E-state index contributed by atoms with van der Waals surface area (Å²) in [5.74, 6) is 0.258. The zero-order valence-corrected chi connectivity index (χ0v) is 13.4. The highest BCUT2D eigenvalue weighted by atomic mass is 16.1. The van der Waals surface area contributed by atoms with Crippen molar-refractivity contribution in [3.63, 3.8) is 0 Å². The molecule has 1 aliphatic heterocycles. The zero-order chi connectivity index (χ0) is 15.9. The fourth-order valence-electron chi connectivity index (χ4n) is 3.24. The van der Waals surface area contributed by atoms with Gasteiger partial charge in [0.25, 0.3) is 0 Å². The van der Waals surface area contributed by atoms with E-state index in [9.17, 15) is 4.79 Å². The van der Waals surface area contributed by atoms with Crippen molar-refractivity contribution in [2.45, 2.75) is 31.2 Å². The summed E-state index contributed by atoms with van der Waals surface area (Å²) < 4.78 is 0. The molecule has 0 unspecified atom stereocenters. The lowest BCUT2D eigenvalue weighted by atomic mass is 9.88. The van der Waals surface area contributed by atoms with E-state index in [2.05, 4.69) is 34.9 Å². The summed E-state index contributed by atoms with van der Waals surface area (Å²) in [5, 5.41) is 6.54. The van der Waals surface area contributed by atoms with Crippen molar-refractivity contribution in [3.05, 3.63) is 71.8 Å². The molecule has 2 aromatic rings. The third-order valence-corrected chi connectivity index (χ3v) is 4.50. The van der Waals surface area contributed by atoms with E-state index in [-0.39, 0.29) is 11.8 Å². The van der Waals surface area contributed by atoms with Crippen LogP contribution in [0.1, 0.15) is 36.3 Å². The molecule has 0 spiro atoms. The maximum absolute atomic E-state index is 12.5. The SMILES string of the molecule is O=C(CC(c1ccccc1)c1ccccc1)NC1CCNCC1. The van der Waals surface area contributed by atoms with Crippen LogP contribution in [-0.2, 0) is 4.79 Å². The van der Waals surface area contributed by atoms with Crippen LogP contribution in [0.2, 0.25) is 0 Å². The topological polar surface area (TPSA) is 41.1 Å². The van der Waals surface area contributed by atoms with E-state index in [1.165, 1.54) is 11.1 Å². The van der Waals surface area contributed by atoms with Gasteiger partial charge in [-0.2, -0.15) is 0 Å². The second-order valence-corrected chi connectivity index (χ2v) is 6.17. The van der Waals surface area contributed by atoms with Gasteiger partial charge in [-0.15, -0.1) is 0 Å². The first kappa shape index (κ1) is 15.8. The smallest absolute Gasteiger partial charge is 0.221 e. The summed E-state index contributed by atoms with van der Waals surface area (Å²) in [5.41, 5.74) is 2.39. The summed E-state index contributed by atoms with van der Waals surface area (Å²) in [6.07, 6.45) is 2.54. The van der Waals surface area contributed by atoms with Crippen molar-refractivity contribution < 1.29 is 4.79 Å². The van der Waals surface area contributed by atoms with E-state index >= 15 is 0 Å². The Morgan fingerprint density at radius 3 is 2.00 bits per heavy atom. The Hall–Kier alpha value is -2.13. The van der Waals surface area contributed by atoms with Crippen LogP contribution in [0.4, 0.5) is 0 Å². The average molecular weight is 308 g/mol. The van der Waals surface area contributed by atoms with Crippen molar-refractivity contribution >= 4 is 5.91 Å². The van der Waals surface area contributed by atoms with Gasteiger partial charge < -0.3 is 10.6 Å². The van der Waals surface area contributed by atoms with Gasteiger partial charge in [0.2, 0.25) is 5.91 Å². The molecule has 3 nitrogen and oxygen atoms in total. The number of nitrogens with one attached hydrogen (secondary N) is 2. The van der Waals surface area contributed by atoms with Gasteiger partial charge in [-0.3, -0.25) is 4.79 Å². The second kappa shape index (κ2) is 7.93. The van der Waals surface area contributed by atoms with E-state index in [0.29, 0.717) is 12.5 Å². The zero-order valence-electron chi connectivity index (χ0n) is 13.4. The number of hydrogen-bond acceptors (Lipinski definition) is 2. The predicted molar refractivity (Wildman–Crippen MR) is 93.4 cm³/mol. The molecule has 0 aromatic heterocycles. The molecule has 0 bridgehead atoms. The van der Waals surface area contributed by atoms with Gasteiger partial charge in [0.1, 0.15) is 0 Å². The van der Waals surface area contributed by atoms with Gasteiger partial charge >= 0.3 is 0 Å². The molecule has 1 heterocycles. The molecular formula is C20H24N2O. The van der Waals surface area contributed by atoms with Crippen LogP contribution in [0.5, 0.6) is 0 Å². The Morgan fingerprint density at radius 1 is 0.957 bits per heavy atom. The van der Waals surface area contributed by atoms with Crippen molar-refractivity contribution in [1.29, 1.82) is 0 Å². The molecule has 1 saturated heterocycles. The molecule has 0 atom stereocenters. The predicted octanol–water partition coefficient (Wildman–Crippen LogP) is 3.08. The molecular weight excluding hydrogens is 284 g/mol. The largest absolute Gasteiger partial charge is 0.353 e. The summed E-state index contributed by atoms with van der Waals surface area (Å²) in [7, 11) is 0. The number of piperidine rings is 1. The van der Waals surface area contributed by atoms with Crippen LogP contribution in [0.25, 0.3) is 0 Å². The van der Waals surface area contributed by atoms with Gasteiger partial charge in [-0.25, -0.2) is 0 Å². The van der Waals surface area contributed by atoms with Gasteiger partial charge in [0, 0.05) is 18.4 Å². The van der Waals surface area contributed by atoms with Crippen LogP contribution >= 0.6 is 0 Å². The number of hydrogen-bond donors (Lipinski definition) is 2. The summed E-state index contributed by atoms with van der Waals surface area (Å²) >= 11 is 0.